The predicted molar refractivity (Wildman–Crippen MR) is 152 cm³/mol. The molecular weight excluding hydrogens is 492 g/mol. The lowest BCUT2D eigenvalue weighted by Gasteiger charge is -2.19. The fourth-order valence-corrected chi connectivity index (χ4v) is 4.40. The van der Waals surface area contributed by atoms with Crippen molar-refractivity contribution in [3.63, 3.8) is 0 Å². The molecule has 4 heterocycles. The van der Waals surface area contributed by atoms with E-state index in [0.29, 0.717) is 5.82 Å². The summed E-state index contributed by atoms with van der Waals surface area (Å²) in [4.78, 5) is 25.8. The fourth-order valence-electron chi connectivity index (χ4n) is 4.40. The number of anilines is 1. The molecule has 1 aliphatic heterocycles. The van der Waals surface area contributed by atoms with Gasteiger partial charge in [0.05, 0.1) is 30.6 Å². The van der Waals surface area contributed by atoms with Gasteiger partial charge in [-0.15, -0.1) is 0 Å². The van der Waals surface area contributed by atoms with Crippen molar-refractivity contribution < 1.29 is 14.3 Å². The van der Waals surface area contributed by atoms with Crippen molar-refractivity contribution in [1.29, 1.82) is 0 Å². The monoisotopic (exact) mass is 524 g/mol. The molecule has 0 unspecified atom stereocenters. The van der Waals surface area contributed by atoms with Crippen LogP contribution in [-0.4, -0.2) is 51.0 Å². The Bertz CT molecular complexity index is 1540. The number of carbonyl (C=O) groups excluding carboxylic acids is 1. The molecule has 1 N–H and O–H groups in total. The molecule has 4 aromatic rings. The predicted octanol–water partition coefficient (Wildman–Crippen LogP) is 5.97. The molecule has 5 rings (SSSR count). The summed E-state index contributed by atoms with van der Waals surface area (Å²) in [7, 11) is 1.67. The van der Waals surface area contributed by atoms with Gasteiger partial charge in [0.1, 0.15) is 17.2 Å². The normalized spacial score (nSPS) is 13.4. The van der Waals surface area contributed by atoms with Gasteiger partial charge in [-0.05, 0) is 63.1 Å². The van der Waals surface area contributed by atoms with E-state index >= 15 is 0 Å². The minimum atomic E-state index is -0.587. The zero-order valence-electron chi connectivity index (χ0n) is 22.9. The molecule has 9 nitrogen and oxygen atoms in total. The van der Waals surface area contributed by atoms with Crippen LogP contribution in [0.2, 0.25) is 0 Å². The second-order valence-electron chi connectivity index (χ2n) is 10.5. The molecule has 1 aliphatic rings. The third kappa shape index (κ3) is 6.31. The third-order valence-electron chi connectivity index (χ3n) is 6.31. The number of aromatic nitrogens is 3. The Kier molecular flexibility index (Phi) is 7.15. The molecule has 1 aromatic carbocycles. The van der Waals surface area contributed by atoms with Gasteiger partial charge in [-0.1, -0.05) is 12.1 Å². The van der Waals surface area contributed by atoms with Crippen LogP contribution in [0.1, 0.15) is 44.0 Å². The molecule has 0 spiro atoms. The first-order chi connectivity index (χ1) is 18.7. The Morgan fingerprint density at radius 2 is 1.82 bits per heavy atom. The Hall–Kier alpha value is -4.53. The maximum atomic E-state index is 12.1. The summed E-state index contributed by atoms with van der Waals surface area (Å²) in [5.41, 5.74) is 6.24. The highest BCUT2D eigenvalue weighted by atomic mass is 16.6. The Balaban J connectivity index is 1.29. The van der Waals surface area contributed by atoms with E-state index in [0.717, 1.165) is 64.3 Å². The number of carbonyl (C=O) groups is 1. The van der Waals surface area contributed by atoms with Crippen molar-refractivity contribution in [3.05, 3.63) is 77.9 Å². The lowest BCUT2D eigenvalue weighted by Crippen LogP contribution is -2.27. The van der Waals surface area contributed by atoms with E-state index in [1.165, 1.54) is 5.56 Å². The highest BCUT2D eigenvalue weighted by molar-refractivity contribution is 6.00. The molecule has 0 radical (unpaired) electrons. The maximum Gasteiger partial charge on any atom is 0.413 e. The Labute approximate surface area is 227 Å². The van der Waals surface area contributed by atoms with E-state index in [9.17, 15) is 4.79 Å². The van der Waals surface area contributed by atoms with Gasteiger partial charge in [-0.25, -0.2) is 9.78 Å². The van der Waals surface area contributed by atoms with Crippen LogP contribution in [0.5, 0.6) is 5.75 Å². The van der Waals surface area contributed by atoms with Crippen molar-refractivity contribution in [3.8, 4) is 16.9 Å². The van der Waals surface area contributed by atoms with Crippen LogP contribution in [0.3, 0.4) is 0 Å². The lowest BCUT2D eigenvalue weighted by atomic mass is 10.0. The number of benzene rings is 1. The molecule has 0 aliphatic carbocycles. The van der Waals surface area contributed by atoms with E-state index < -0.39 is 11.7 Å². The summed E-state index contributed by atoms with van der Waals surface area (Å²) in [5.74, 6) is 1.24. The minimum Gasteiger partial charge on any atom is -0.497 e. The first-order valence-electron chi connectivity index (χ1n) is 12.9. The molecule has 0 fully saturated rings. The molecular formula is C30H32N6O3. The van der Waals surface area contributed by atoms with Gasteiger partial charge in [0.25, 0.3) is 0 Å². The second-order valence-corrected chi connectivity index (χ2v) is 10.5. The zero-order chi connectivity index (χ0) is 27.6. The molecule has 200 valence electrons. The highest BCUT2D eigenvalue weighted by Crippen LogP contribution is 2.27. The van der Waals surface area contributed by atoms with Crippen molar-refractivity contribution in [2.24, 2.45) is 5.10 Å². The van der Waals surface area contributed by atoms with Crippen LogP contribution in [0.25, 0.3) is 22.0 Å². The van der Waals surface area contributed by atoms with Crippen molar-refractivity contribution >= 4 is 28.5 Å². The number of hydrogen-bond donors (Lipinski definition) is 1. The average Bonchev–Trinajstić information content (AvgIpc) is 3.36. The van der Waals surface area contributed by atoms with E-state index in [-0.39, 0.29) is 0 Å². The topological polar surface area (TPSA) is 102 Å². The maximum absolute atomic E-state index is 12.1. The van der Waals surface area contributed by atoms with Crippen LogP contribution in [-0.2, 0) is 11.3 Å². The molecule has 3 aromatic heterocycles. The quantitative estimate of drug-likeness (QED) is 0.332. The van der Waals surface area contributed by atoms with Gasteiger partial charge >= 0.3 is 6.09 Å². The van der Waals surface area contributed by atoms with Crippen LogP contribution in [0.15, 0.2) is 66.2 Å². The number of nitrogens with one attached hydrogen (secondary N) is 1. The summed E-state index contributed by atoms with van der Waals surface area (Å²) in [6.07, 6.45) is 5.69. The number of nitrogens with zero attached hydrogens (tertiary/aromatic N) is 5. The molecule has 9 heteroatoms. The zero-order valence-corrected chi connectivity index (χ0v) is 22.9. The fraction of sp³-hybridized carbons (Fsp3) is 0.300. The smallest absolute Gasteiger partial charge is 0.413 e. The van der Waals surface area contributed by atoms with Gasteiger partial charge in [-0.2, -0.15) is 5.10 Å². The number of rotatable bonds is 6. The number of ether oxygens (including phenoxy) is 2. The first-order valence-corrected chi connectivity index (χ1v) is 12.9. The van der Waals surface area contributed by atoms with Crippen LogP contribution in [0.4, 0.5) is 10.6 Å². The number of hydrogen-bond acceptors (Lipinski definition) is 8. The number of amides is 1. The first kappa shape index (κ1) is 26.1. The van der Waals surface area contributed by atoms with Gasteiger partial charge in [0.15, 0.2) is 0 Å². The van der Waals surface area contributed by atoms with E-state index in [2.05, 4.69) is 45.4 Å². The number of pyridine rings is 3. The SMILES string of the molecule is COc1ccc(CN2CCC(c3cc(C)c(-c4cnc5cc(NC(=O)OC(C)(C)C)ncc5c4)cn3)=N2)cc1. The molecule has 1 amide bonds. The molecule has 0 bridgehead atoms. The van der Waals surface area contributed by atoms with Crippen LogP contribution in [0, 0.1) is 6.92 Å². The van der Waals surface area contributed by atoms with Crippen molar-refractivity contribution in [2.75, 3.05) is 19.0 Å². The van der Waals surface area contributed by atoms with E-state index in [1.54, 1.807) is 19.4 Å². The van der Waals surface area contributed by atoms with Gasteiger partial charge < -0.3 is 9.47 Å². The second kappa shape index (κ2) is 10.7. The van der Waals surface area contributed by atoms with Crippen LogP contribution >= 0.6 is 0 Å². The number of aryl methyl sites for hydroxylation is 1. The largest absolute Gasteiger partial charge is 0.497 e. The molecule has 39 heavy (non-hydrogen) atoms. The Morgan fingerprint density at radius 3 is 2.54 bits per heavy atom. The summed E-state index contributed by atoms with van der Waals surface area (Å²) in [5, 5.41) is 10.4. The molecule has 0 saturated heterocycles. The van der Waals surface area contributed by atoms with Gasteiger partial charge in [-0.3, -0.25) is 20.3 Å². The summed E-state index contributed by atoms with van der Waals surface area (Å²) >= 11 is 0. The van der Waals surface area contributed by atoms with Crippen molar-refractivity contribution in [1.82, 2.24) is 20.0 Å². The molecule has 0 atom stereocenters. The minimum absolute atomic E-state index is 0.387. The highest BCUT2D eigenvalue weighted by Gasteiger charge is 2.19. The summed E-state index contributed by atoms with van der Waals surface area (Å²) in [6, 6.07) is 13.9. The Morgan fingerprint density at radius 1 is 1.03 bits per heavy atom. The number of methoxy groups -OCH3 is 1. The van der Waals surface area contributed by atoms with E-state index in [1.807, 2.05) is 51.4 Å². The number of fused-ring (bicyclic) bond motifs is 1. The molecule has 0 saturated carbocycles. The standard InChI is InChI=1S/C30H32N6O3/c1-19-12-27(25-10-11-36(35-25)18-20-6-8-23(38-5)9-7-20)32-17-24(19)21-13-22-16-33-28(14-26(22)31-15-21)34-29(37)39-30(2,3)4/h6-9,12-17H,10-11,18H2,1-5H3,(H,33,34,37). The van der Waals surface area contributed by atoms with Gasteiger partial charge in [0, 0.05) is 54.1 Å². The average molecular weight is 525 g/mol. The number of hydrazone groups is 1. The summed E-state index contributed by atoms with van der Waals surface area (Å²) in [6.45, 7) is 9.11. The van der Waals surface area contributed by atoms with Crippen LogP contribution < -0.4 is 10.1 Å². The van der Waals surface area contributed by atoms with Gasteiger partial charge in [0.2, 0.25) is 0 Å². The summed E-state index contributed by atoms with van der Waals surface area (Å²) < 4.78 is 10.5. The van der Waals surface area contributed by atoms with E-state index in [4.69, 9.17) is 19.6 Å². The van der Waals surface area contributed by atoms with Crippen molar-refractivity contribution in [2.45, 2.75) is 46.3 Å². The lowest BCUT2D eigenvalue weighted by molar-refractivity contribution is 0.0635. The third-order valence-corrected chi connectivity index (χ3v) is 6.31.